The zero-order valence-electron chi connectivity index (χ0n) is 18.3. The van der Waals surface area contributed by atoms with Crippen molar-refractivity contribution in [2.45, 2.75) is 33.1 Å². The third-order valence-electron chi connectivity index (χ3n) is 6.37. The van der Waals surface area contributed by atoms with Gasteiger partial charge in [0, 0.05) is 31.4 Å². The Morgan fingerprint density at radius 2 is 2.10 bits per heavy atom. The summed E-state index contributed by atoms with van der Waals surface area (Å²) in [4.78, 5) is 20.2. The fourth-order valence-electron chi connectivity index (χ4n) is 4.45. The van der Waals surface area contributed by atoms with E-state index in [9.17, 15) is 4.79 Å². The Hall–Kier alpha value is -1.87. The largest absolute Gasteiger partial charge is 0.379 e. The lowest BCUT2D eigenvalue weighted by Gasteiger charge is -2.29. The molecule has 0 bridgehead atoms. The second-order valence-corrected chi connectivity index (χ2v) is 10.3. The van der Waals surface area contributed by atoms with Crippen LogP contribution < -0.4 is 4.90 Å². The van der Waals surface area contributed by atoms with Crippen LogP contribution in [-0.2, 0) is 22.4 Å². The normalized spacial score (nSPS) is 18.5. The van der Waals surface area contributed by atoms with Crippen molar-refractivity contribution in [3.05, 3.63) is 23.4 Å². The number of H-pyrrole nitrogens is 2. The van der Waals surface area contributed by atoms with Gasteiger partial charge in [-0.1, -0.05) is 13.8 Å². The minimum atomic E-state index is 0. The average Bonchev–Trinajstić information content (AvgIpc) is 3.39. The smallest absolute Gasteiger partial charge is 0.241 e. The SMILES string of the molecule is CN(C(=O)CN1CCOCC1)c1cc2[nH]c(-c3n[nH]c4c3CCC(C)(C)C4)cc2s1.Cl. The summed E-state index contributed by atoms with van der Waals surface area (Å²) in [5, 5.41) is 8.86. The highest BCUT2D eigenvalue weighted by atomic mass is 35.5. The Kier molecular flexibility index (Phi) is 6.18. The van der Waals surface area contributed by atoms with Crippen LogP contribution in [0.4, 0.5) is 5.00 Å². The Morgan fingerprint density at radius 3 is 2.84 bits per heavy atom. The lowest BCUT2D eigenvalue weighted by molar-refractivity contribution is -0.120. The third-order valence-corrected chi connectivity index (χ3v) is 7.53. The molecule has 2 N–H and O–H groups in total. The van der Waals surface area contributed by atoms with Crippen LogP contribution in [0.5, 0.6) is 0 Å². The molecule has 1 saturated heterocycles. The summed E-state index contributed by atoms with van der Waals surface area (Å²) in [6, 6.07) is 4.24. The molecule has 0 atom stereocenters. The van der Waals surface area contributed by atoms with Crippen molar-refractivity contribution in [2.75, 3.05) is 44.8 Å². The van der Waals surface area contributed by atoms with Crippen molar-refractivity contribution in [3.63, 3.8) is 0 Å². The van der Waals surface area contributed by atoms with Crippen LogP contribution in [0.15, 0.2) is 12.1 Å². The summed E-state index contributed by atoms with van der Waals surface area (Å²) in [5.41, 5.74) is 6.11. The number of carbonyl (C=O) groups is 1. The Bertz CT molecular complexity index is 1050. The summed E-state index contributed by atoms with van der Waals surface area (Å²) in [6.07, 6.45) is 3.29. The second-order valence-electron chi connectivity index (χ2n) is 9.26. The zero-order valence-corrected chi connectivity index (χ0v) is 19.9. The van der Waals surface area contributed by atoms with Crippen molar-refractivity contribution in [2.24, 2.45) is 5.41 Å². The molecule has 1 amide bonds. The maximum Gasteiger partial charge on any atom is 0.241 e. The number of halogens is 1. The molecule has 3 aromatic heterocycles. The van der Waals surface area contributed by atoms with E-state index >= 15 is 0 Å². The molecule has 7 nitrogen and oxygen atoms in total. The molecule has 0 radical (unpaired) electrons. The standard InChI is InChI=1S/C22H29N5O2S.ClH/c1-22(2)5-4-14-17(12-22)24-25-21(14)16-10-18-15(23-16)11-20(30-18)26(3)19(28)13-27-6-8-29-9-7-27;/h10-11,23H,4-9,12-13H2,1-3H3,(H,24,25);1H. The van der Waals surface area contributed by atoms with E-state index in [4.69, 9.17) is 4.74 Å². The van der Waals surface area contributed by atoms with E-state index in [0.717, 1.165) is 52.5 Å². The average molecular weight is 464 g/mol. The summed E-state index contributed by atoms with van der Waals surface area (Å²) >= 11 is 1.64. The van der Waals surface area contributed by atoms with Gasteiger partial charge in [-0.05, 0) is 36.8 Å². The summed E-state index contributed by atoms with van der Waals surface area (Å²) in [5.74, 6) is 0.116. The molecule has 0 saturated carbocycles. The molecule has 1 fully saturated rings. The number of thiophene rings is 1. The van der Waals surface area contributed by atoms with Crippen LogP contribution in [-0.4, -0.2) is 65.9 Å². The summed E-state index contributed by atoms with van der Waals surface area (Å²) < 4.78 is 6.52. The maximum atomic E-state index is 12.7. The molecule has 31 heavy (non-hydrogen) atoms. The Labute approximate surface area is 192 Å². The van der Waals surface area contributed by atoms with Crippen LogP contribution in [0.25, 0.3) is 21.6 Å². The number of anilines is 1. The van der Waals surface area contributed by atoms with Crippen LogP contribution in [0, 0.1) is 5.41 Å². The van der Waals surface area contributed by atoms with Crippen LogP contribution >= 0.6 is 23.7 Å². The highest BCUT2D eigenvalue weighted by molar-refractivity contribution is 7.23. The number of hydrogen-bond donors (Lipinski definition) is 2. The number of likely N-dealkylation sites (N-methyl/N-ethyl adjacent to an activating group) is 1. The van der Waals surface area contributed by atoms with E-state index < -0.39 is 0 Å². The lowest BCUT2D eigenvalue weighted by Crippen LogP contribution is -2.43. The van der Waals surface area contributed by atoms with E-state index in [1.54, 1.807) is 16.2 Å². The van der Waals surface area contributed by atoms with Gasteiger partial charge in [-0.3, -0.25) is 14.8 Å². The number of nitrogens with one attached hydrogen (secondary N) is 2. The molecule has 9 heteroatoms. The van der Waals surface area contributed by atoms with Crippen LogP contribution in [0.2, 0.25) is 0 Å². The monoisotopic (exact) mass is 463 g/mol. The van der Waals surface area contributed by atoms with E-state index in [-0.39, 0.29) is 18.3 Å². The third kappa shape index (κ3) is 4.39. The number of rotatable bonds is 4. The molecule has 2 aliphatic rings. The number of amides is 1. The van der Waals surface area contributed by atoms with Crippen molar-refractivity contribution >= 4 is 44.9 Å². The predicted octanol–water partition coefficient (Wildman–Crippen LogP) is 3.85. The van der Waals surface area contributed by atoms with Gasteiger partial charge < -0.3 is 14.6 Å². The minimum absolute atomic E-state index is 0. The van der Waals surface area contributed by atoms with E-state index in [1.807, 2.05) is 7.05 Å². The number of carbonyl (C=O) groups excluding carboxylic acids is 1. The Morgan fingerprint density at radius 1 is 1.32 bits per heavy atom. The second kappa shape index (κ2) is 8.58. The first kappa shape index (κ1) is 22.3. The van der Waals surface area contributed by atoms with E-state index in [2.05, 4.69) is 46.1 Å². The first-order valence-corrected chi connectivity index (χ1v) is 11.5. The van der Waals surface area contributed by atoms with Crippen molar-refractivity contribution < 1.29 is 9.53 Å². The van der Waals surface area contributed by atoms with Gasteiger partial charge in [0.25, 0.3) is 0 Å². The van der Waals surface area contributed by atoms with Gasteiger partial charge >= 0.3 is 0 Å². The number of nitrogens with zero attached hydrogens (tertiary/aromatic N) is 3. The van der Waals surface area contributed by atoms with E-state index in [1.165, 1.54) is 17.7 Å². The summed E-state index contributed by atoms with van der Waals surface area (Å²) in [7, 11) is 1.86. The van der Waals surface area contributed by atoms with Gasteiger partial charge in [0.05, 0.1) is 35.7 Å². The molecule has 1 aliphatic heterocycles. The van der Waals surface area contributed by atoms with Gasteiger partial charge in [-0.25, -0.2) is 0 Å². The highest BCUT2D eigenvalue weighted by Crippen LogP contribution is 2.40. The minimum Gasteiger partial charge on any atom is -0.379 e. The quantitative estimate of drug-likeness (QED) is 0.616. The molecule has 168 valence electrons. The predicted molar refractivity (Wildman–Crippen MR) is 127 cm³/mol. The molecule has 0 aromatic carbocycles. The maximum absolute atomic E-state index is 12.7. The molecular formula is C22H30ClN5O2S. The van der Waals surface area contributed by atoms with Crippen LogP contribution in [0.3, 0.4) is 0 Å². The zero-order chi connectivity index (χ0) is 20.9. The molecule has 0 unspecified atom stereocenters. The fraction of sp³-hybridized carbons (Fsp3) is 0.545. The summed E-state index contributed by atoms with van der Waals surface area (Å²) in [6.45, 7) is 8.12. The number of hydrogen-bond acceptors (Lipinski definition) is 5. The molecular weight excluding hydrogens is 434 g/mol. The molecule has 3 aromatic rings. The number of aromatic nitrogens is 3. The number of morpholine rings is 1. The van der Waals surface area contributed by atoms with Crippen LogP contribution in [0.1, 0.15) is 31.5 Å². The van der Waals surface area contributed by atoms with Crippen molar-refractivity contribution in [1.29, 1.82) is 0 Å². The van der Waals surface area contributed by atoms with Crippen molar-refractivity contribution in [3.8, 4) is 11.4 Å². The fourth-order valence-corrected chi connectivity index (χ4v) is 5.49. The topological polar surface area (TPSA) is 77.2 Å². The highest BCUT2D eigenvalue weighted by Gasteiger charge is 2.29. The van der Waals surface area contributed by atoms with E-state index in [0.29, 0.717) is 25.2 Å². The van der Waals surface area contributed by atoms with Gasteiger partial charge in [-0.15, -0.1) is 23.7 Å². The first-order chi connectivity index (χ1) is 14.4. The molecule has 5 rings (SSSR count). The Balaban J connectivity index is 0.00000231. The number of fused-ring (bicyclic) bond motifs is 2. The lowest BCUT2D eigenvalue weighted by atomic mass is 9.76. The van der Waals surface area contributed by atoms with Crippen molar-refractivity contribution in [1.82, 2.24) is 20.1 Å². The molecule has 0 spiro atoms. The number of aromatic amines is 2. The number of ether oxygens (including phenoxy) is 1. The van der Waals surface area contributed by atoms with Gasteiger partial charge in [0.2, 0.25) is 5.91 Å². The molecule has 4 heterocycles. The van der Waals surface area contributed by atoms with Gasteiger partial charge in [-0.2, -0.15) is 5.10 Å². The molecule has 1 aliphatic carbocycles. The van der Waals surface area contributed by atoms with Gasteiger partial charge in [0.15, 0.2) is 0 Å². The van der Waals surface area contributed by atoms with Gasteiger partial charge in [0.1, 0.15) is 10.7 Å². The first-order valence-electron chi connectivity index (χ1n) is 10.7.